The van der Waals surface area contributed by atoms with Crippen LogP contribution in [0.15, 0.2) is 24.5 Å². The largest absolute Gasteiger partial charge is 0.373 e. The molecule has 2 N–H and O–H groups in total. The lowest BCUT2D eigenvalue weighted by Crippen LogP contribution is -2.43. The van der Waals surface area contributed by atoms with Gasteiger partial charge >= 0.3 is 0 Å². The molecule has 2 aromatic heterocycles. The highest BCUT2D eigenvalue weighted by Gasteiger charge is 2.32. The molecule has 8 heteroatoms. The van der Waals surface area contributed by atoms with Gasteiger partial charge in [-0.15, -0.1) is 0 Å². The summed E-state index contributed by atoms with van der Waals surface area (Å²) >= 11 is 0. The van der Waals surface area contributed by atoms with Gasteiger partial charge in [0.05, 0.1) is 37.2 Å². The molecule has 0 aromatic carbocycles. The summed E-state index contributed by atoms with van der Waals surface area (Å²) in [5, 5.41) is 2.92. The van der Waals surface area contributed by atoms with Gasteiger partial charge in [-0.2, -0.15) is 0 Å². The number of nitrogens with one attached hydrogen (secondary N) is 2. The fourth-order valence-corrected chi connectivity index (χ4v) is 3.88. The van der Waals surface area contributed by atoms with Crippen molar-refractivity contribution in [3.8, 4) is 11.3 Å². The van der Waals surface area contributed by atoms with E-state index in [9.17, 15) is 9.18 Å². The van der Waals surface area contributed by atoms with Gasteiger partial charge in [0, 0.05) is 42.2 Å². The smallest absolute Gasteiger partial charge is 0.253 e. The standard InChI is InChI=1S/C20H25FN4O3/c1-25(2)9-14-11-27-13(10-28-14)5-12-7-23-20(26)16-6-18(24-19(12)16)15-3-4-22-8-17(15)21/h3-4,6,8,12-14,24H,5,7,9-11H2,1-2H3,(H,23,26)/t12?,13-,14+/m0/s1. The second kappa shape index (κ2) is 7.98. The van der Waals surface area contributed by atoms with Gasteiger partial charge in [0.25, 0.3) is 5.91 Å². The molecule has 0 aliphatic carbocycles. The third-order valence-electron chi connectivity index (χ3n) is 5.22. The van der Waals surface area contributed by atoms with Crippen molar-refractivity contribution in [2.24, 2.45) is 0 Å². The summed E-state index contributed by atoms with van der Waals surface area (Å²) in [5.41, 5.74) is 2.37. The average Bonchev–Trinajstić information content (AvgIpc) is 3.12. The van der Waals surface area contributed by atoms with E-state index < -0.39 is 5.82 Å². The van der Waals surface area contributed by atoms with Crippen LogP contribution in [0.2, 0.25) is 0 Å². The molecule has 2 aromatic rings. The van der Waals surface area contributed by atoms with Crippen molar-refractivity contribution < 1.29 is 18.7 Å². The van der Waals surface area contributed by atoms with Crippen LogP contribution >= 0.6 is 0 Å². The van der Waals surface area contributed by atoms with Crippen LogP contribution in [0.5, 0.6) is 0 Å². The Morgan fingerprint density at radius 3 is 2.75 bits per heavy atom. The van der Waals surface area contributed by atoms with Gasteiger partial charge in [-0.05, 0) is 32.6 Å². The summed E-state index contributed by atoms with van der Waals surface area (Å²) in [4.78, 5) is 21.4. The lowest BCUT2D eigenvalue weighted by molar-refractivity contribution is -0.140. The molecule has 0 spiro atoms. The number of likely N-dealkylation sites (N-methyl/N-ethyl adjacent to an activating group) is 1. The molecule has 0 bridgehead atoms. The first-order valence-corrected chi connectivity index (χ1v) is 9.50. The molecule has 28 heavy (non-hydrogen) atoms. The molecule has 4 heterocycles. The number of amides is 1. The Labute approximate surface area is 163 Å². The number of pyridine rings is 1. The normalized spacial score (nSPS) is 24.9. The van der Waals surface area contributed by atoms with Gasteiger partial charge in [0.15, 0.2) is 5.82 Å². The molecule has 150 valence electrons. The van der Waals surface area contributed by atoms with E-state index in [-0.39, 0.29) is 24.0 Å². The third kappa shape index (κ3) is 3.94. The summed E-state index contributed by atoms with van der Waals surface area (Å²) in [6.07, 6.45) is 3.48. The van der Waals surface area contributed by atoms with Gasteiger partial charge in [-0.1, -0.05) is 0 Å². The number of carbonyl (C=O) groups excluding carboxylic acids is 1. The Kier molecular flexibility index (Phi) is 5.43. The van der Waals surface area contributed by atoms with Crippen molar-refractivity contribution in [3.05, 3.63) is 41.6 Å². The minimum atomic E-state index is -0.422. The Morgan fingerprint density at radius 1 is 1.25 bits per heavy atom. The highest BCUT2D eigenvalue weighted by Crippen LogP contribution is 2.33. The number of aromatic nitrogens is 2. The zero-order valence-corrected chi connectivity index (χ0v) is 16.1. The topological polar surface area (TPSA) is 79.5 Å². The van der Waals surface area contributed by atoms with Crippen molar-refractivity contribution in [1.29, 1.82) is 0 Å². The lowest BCUT2D eigenvalue weighted by Gasteiger charge is -2.33. The van der Waals surface area contributed by atoms with Crippen LogP contribution in [0.25, 0.3) is 11.3 Å². The first-order valence-electron chi connectivity index (χ1n) is 9.50. The molecule has 7 nitrogen and oxygen atoms in total. The van der Waals surface area contributed by atoms with E-state index in [2.05, 4.69) is 20.2 Å². The predicted molar refractivity (Wildman–Crippen MR) is 102 cm³/mol. The number of rotatable bonds is 5. The molecule has 1 amide bonds. The number of carbonyl (C=O) groups is 1. The van der Waals surface area contributed by atoms with Gasteiger partial charge in [-0.25, -0.2) is 4.39 Å². The Hall–Kier alpha value is -2.29. The molecular formula is C20H25FN4O3. The number of hydrogen-bond acceptors (Lipinski definition) is 5. The zero-order valence-electron chi connectivity index (χ0n) is 16.1. The summed E-state index contributed by atoms with van der Waals surface area (Å²) in [6.45, 7) is 2.44. The third-order valence-corrected chi connectivity index (χ3v) is 5.22. The Bertz CT molecular complexity index is 846. The van der Waals surface area contributed by atoms with Crippen molar-refractivity contribution in [1.82, 2.24) is 20.2 Å². The van der Waals surface area contributed by atoms with Gasteiger partial charge in [-0.3, -0.25) is 9.78 Å². The number of halogens is 1. The molecule has 0 radical (unpaired) electrons. The van der Waals surface area contributed by atoms with Crippen LogP contribution in [0, 0.1) is 5.82 Å². The van der Waals surface area contributed by atoms with Crippen molar-refractivity contribution >= 4 is 5.91 Å². The van der Waals surface area contributed by atoms with Crippen LogP contribution in [0.1, 0.15) is 28.4 Å². The number of fused-ring (bicyclic) bond motifs is 1. The van der Waals surface area contributed by atoms with Crippen molar-refractivity contribution in [2.45, 2.75) is 24.5 Å². The molecule has 2 aliphatic rings. The predicted octanol–water partition coefficient (Wildman–Crippen LogP) is 1.78. The van der Waals surface area contributed by atoms with Crippen LogP contribution in [0.4, 0.5) is 4.39 Å². The average molecular weight is 388 g/mol. The first kappa shape index (κ1) is 19.0. The first-order chi connectivity index (χ1) is 13.5. The molecule has 1 saturated heterocycles. The number of H-pyrrole nitrogens is 1. The molecule has 0 saturated carbocycles. The summed E-state index contributed by atoms with van der Waals surface area (Å²) < 4.78 is 26.0. The van der Waals surface area contributed by atoms with Crippen LogP contribution in [-0.4, -0.2) is 73.4 Å². The van der Waals surface area contributed by atoms with Gasteiger partial charge < -0.3 is 24.7 Å². The minimum Gasteiger partial charge on any atom is -0.373 e. The number of nitrogens with zero attached hydrogens (tertiary/aromatic N) is 2. The fourth-order valence-electron chi connectivity index (χ4n) is 3.88. The van der Waals surface area contributed by atoms with E-state index >= 15 is 0 Å². The van der Waals surface area contributed by atoms with E-state index in [0.29, 0.717) is 36.6 Å². The van der Waals surface area contributed by atoms with Crippen LogP contribution < -0.4 is 5.32 Å². The van der Waals surface area contributed by atoms with Crippen LogP contribution in [0.3, 0.4) is 0 Å². The lowest BCUT2D eigenvalue weighted by atomic mass is 9.92. The minimum absolute atomic E-state index is 0.0318. The summed E-state index contributed by atoms with van der Waals surface area (Å²) in [7, 11) is 4.02. The second-order valence-corrected chi connectivity index (χ2v) is 7.68. The number of ether oxygens (including phenoxy) is 2. The highest BCUT2D eigenvalue weighted by molar-refractivity contribution is 5.98. The maximum Gasteiger partial charge on any atom is 0.253 e. The van der Waals surface area contributed by atoms with E-state index in [1.165, 1.54) is 12.4 Å². The SMILES string of the molecule is CN(C)C[C@@H]1CO[C@@H](CC2CNC(=O)c3cc(-c4ccncc4F)[nH]c32)CO1. The van der Waals surface area contributed by atoms with Crippen LogP contribution in [-0.2, 0) is 9.47 Å². The molecular weight excluding hydrogens is 363 g/mol. The second-order valence-electron chi connectivity index (χ2n) is 7.68. The van der Waals surface area contributed by atoms with Crippen molar-refractivity contribution in [2.75, 3.05) is 40.4 Å². The summed E-state index contributed by atoms with van der Waals surface area (Å²) in [6, 6.07) is 3.31. The fraction of sp³-hybridized carbons (Fsp3) is 0.500. The number of hydrogen-bond donors (Lipinski definition) is 2. The molecule has 1 fully saturated rings. The van der Waals surface area contributed by atoms with E-state index in [1.807, 2.05) is 14.1 Å². The maximum atomic E-state index is 14.1. The molecule has 2 aliphatic heterocycles. The molecule has 4 rings (SSSR count). The molecule has 3 atom stereocenters. The van der Waals surface area contributed by atoms with E-state index in [1.54, 1.807) is 12.1 Å². The van der Waals surface area contributed by atoms with Gasteiger partial charge in [0.2, 0.25) is 0 Å². The highest BCUT2D eigenvalue weighted by atomic mass is 19.1. The number of aromatic amines is 1. The van der Waals surface area contributed by atoms with E-state index in [4.69, 9.17) is 9.47 Å². The Morgan fingerprint density at radius 2 is 2.04 bits per heavy atom. The summed E-state index contributed by atoms with van der Waals surface area (Å²) in [5.74, 6) is -0.505. The maximum absolute atomic E-state index is 14.1. The monoisotopic (exact) mass is 388 g/mol. The Balaban J connectivity index is 1.49. The molecule has 1 unspecified atom stereocenters. The van der Waals surface area contributed by atoms with Crippen molar-refractivity contribution in [3.63, 3.8) is 0 Å². The van der Waals surface area contributed by atoms with E-state index in [0.717, 1.165) is 18.7 Å². The zero-order chi connectivity index (χ0) is 19.7. The quantitative estimate of drug-likeness (QED) is 0.816. The van der Waals surface area contributed by atoms with Gasteiger partial charge in [0.1, 0.15) is 0 Å².